The van der Waals surface area contributed by atoms with E-state index in [1.807, 2.05) is 39.2 Å². The fourth-order valence-electron chi connectivity index (χ4n) is 3.44. The van der Waals surface area contributed by atoms with Crippen molar-refractivity contribution in [2.75, 3.05) is 16.8 Å². The van der Waals surface area contributed by atoms with Gasteiger partial charge in [-0.1, -0.05) is 0 Å². The van der Waals surface area contributed by atoms with Gasteiger partial charge in [0.25, 0.3) is 0 Å². The van der Waals surface area contributed by atoms with Crippen molar-refractivity contribution in [3.8, 4) is 6.07 Å². The smallest absolute Gasteiger partial charge is 0.166 e. The Morgan fingerprint density at radius 3 is 2.79 bits per heavy atom. The van der Waals surface area contributed by atoms with Crippen molar-refractivity contribution < 1.29 is 0 Å². The van der Waals surface area contributed by atoms with Crippen molar-refractivity contribution in [3.05, 3.63) is 64.4 Å². The lowest BCUT2D eigenvalue weighted by atomic mass is 10.0. The first-order valence-electron chi connectivity index (χ1n) is 9.21. The SMILES string of the molecule is Cc1cnccc1Nc1cnc2c(c1)CN(c1nnc(C#N)c(C)c1C)CC2. The van der Waals surface area contributed by atoms with Crippen LogP contribution in [-0.4, -0.2) is 26.7 Å². The highest BCUT2D eigenvalue weighted by Gasteiger charge is 2.22. The Hall–Kier alpha value is -3.53. The van der Waals surface area contributed by atoms with E-state index in [1.54, 1.807) is 6.20 Å². The molecule has 3 aromatic rings. The van der Waals surface area contributed by atoms with Gasteiger partial charge in [0.15, 0.2) is 11.5 Å². The fourth-order valence-corrected chi connectivity index (χ4v) is 3.44. The van der Waals surface area contributed by atoms with Crippen molar-refractivity contribution in [2.45, 2.75) is 33.7 Å². The number of rotatable bonds is 3. The maximum absolute atomic E-state index is 9.16. The topological polar surface area (TPSA) is 90.6 Å². The molecule has 0 saturated heterocycles. The number of hydrogen-bond donors (Lipinski definition) is 1. The normalized spacial score (nSPS) is 13.0. The highest BCUT2D eigenvalue weighted by atomic mass is 15.3. The van der Waals surface area contributed by atoms with E-state index in [0.717, 1.165) is 52.5 Å². The van der Waals surface area contributed by atoms with Crippen LogP contribution in [0.3, 0.4) is 0 Å². The molecule has 0 unspecified atom stereocenters. The number of hydrogen-bond acceptors (Lipinski definition) is 7. The van der Waals surface area contributed by atoms with E-state index in [4.69, 9.17) is 5.26 Å². The molecular weight excluding hydrogens is 350 g/mol. The van der Waals surface area contributed by atoms with Gasteiger partial charge in [-0.05, 0) is 55.2 Å². The van der Waals surface area contributed by atoms with E-state index in [2.05, 4.69) is 42.5 Å². The zero-order chi connectivity index (χ0) is 19.7. The van der Waals surface area contributed by atoms with Gasteiger partial charge < -0.3 is 10.2 Å². The van der Waals surface area contributed by atoms with Crippen molar-refractivity contribution in [2.24, 2.45) is 0 Å². The summed E-state index contributed by atoms with van der Waals surface area (Å²) in [6.07, 6.45) is 6.34. The minimum absolute atomic E-state index is 0.388. The second kappa shape index (κ2) is 7.24. The molecule has 0 amide bonds. The Morgan fingerprint density at radius 2 is 2.00 bits per heavy atom. The third-order valence-electron chi connectivity index (χ3n) is 5.24. The Kier molecular flexibility index (Phi) is 4.62. The van der Waals surface area contributed by atoms with Crippen LogP contribution >= 0.6 is 0 Å². The van der Waals surface area contributed by atoms with Crippen LogP contribution in [0.15, 0.2) is 30.7 Å². The van der Waals surface area contributed by atoms with Gasteiger partial charge in [0.1, 0.15) is 6.07 Å². The Bertz CT molecular complexity index is 1080. The van der Waals surface area contributed by atoms with Crippen LogP contribution < -0.4 is 10.2 Å². The molecule has 1 aliphatic heterocycles. The standard InChI is InChI=1S/C21H21N7/c1-13-10-23-6-4-18(13)25-17-8-16-12-28(7-5-19(16)24-11-17)21-15(3)14(2)20(9-22)26-27-21/h4,6,8,10-11H,5,7,12H2,1-3H3,(H,23,25). The maximum Gasteiger partial charge on any atom is 0.166 e. The Morgan fingerprint density at radius 1 is 1.14 bits per heavy atom. The lowest BCUT2D eigenvalue weighted by molar-refractivity contribution is 0.692. The van der Waals surface area contributed by atoms with Gasteiger partial charge in [-0.25, -0.2) is 0 Å². The molecule has 4 heterocycles. The molecule has 0 aromatic carbocycles. The summed E-state index contributed by atoms with van der Waals surface area (Å²) in [5.74, 6) is 0.838. The molecule has 7 nitrogen and oxygen atoms in total. The van der Waals surface area contributed by atoms with E-state index < -0.39 is 0 Å². The van der Waals surface area contributed by atoms with Crippen molar-refractivity contribution in [3.63, 3.8) is 0 Å². The highest BCUT2D eigenvalue weighted by molar-refractivity contribution is 5.63. The molecular formula is C21H21N7. The molecule has 7 heteroatoms. The number of nitrogens with zero attached hydrogens (tertiary/aromatic N) is 6. The molecule has 0 bridgehead atoms. The van der Waals surface area contributed by atoms with Gasteiger partial charge >= 0.3 is 0 Å². The third-order valence-corrected chi connectivity index (χ3v) is 5.24. The first kappa shape index (κ1) is 17.9. The van der Waals surface area contributed by atoms with E-state index in [-0.39, 0.29) is 0 Å². The average Bonchev–Trinajstić information content (AvgIpc) is 2.71. The van der Waals surface area contributed by atoms with Gasteiger partial charge in [-0.2, -0.15) is 5.26 Å². The molecule has 0 saturated carbocycles. The van der Waals surface area contributed by atoms with Gasteiger partial charge in [0.2, 0.25) is 0 Å². The van der Waals surface area contributed by atoms with Crippen molar-refractivity contribution in [1.29, 1.82) is 5.26 Å². The summed E-state index contributed by atoms with van der Waals surface area (Å²) in [7, 11) is 0. The van der Waals surface area contributed by atoms with Crippen LogP contribution in [0.5, 0.6) is 0 Å². The lowest BCUT2D eigenvalue weighted by Gasteiger charge is -2.30. The van der Waals surface area contributed by atoms with E-state index in [0.29, 0.717) is 12.2 Å². The first-order chi connectivity index (χ1) is 13.6. The molecule has 0 fully saturated rings. The van der Waals surface area contributed by atoms with Crippen LogP contribution in [0.4, 0.5) is 17.2 Å². The molecule has 1 N–H and O–H groups in total. The zero-order valence-corrected chi connectivity index (χ0v) is 16.2. The number of aromatic nitrogens is 4. The number of anilines is 3. The molecule has 3 aromatic heterocycles. The monoisotopic (exact) mass is 371 g/mol. The van der Waals surface area contributed by atoms with Gasteiger partial charge in [0, 0.05) is 43.3 Å². The van der Waals surface area contributed by atoms with Crippen LogP contribution in [0.25, 0.3) is 0 Å². The van der Waals surface area contributed by atoms with Crippen LogP contribution in [0, 0.1) is 32.1 Å². The number of nitrogens with one attached hydrogen (secondary N) is 1. The van der Waals surface area contributed by atoms with Crippen molar-refractivity contribution >= 4 is 17.2 Å². The predicted octanol–water partition coefficient (Wildman–Crippen LogP) is 3.37. The number of nitriles is 1. The molecule has 28 heavy (non-hydrogen) atoms. The summed E-state index contributed by atoms with van der Waals surface area (Å²) in [6, 6.07) is 6.21. The summed E-state index contributed by atoms with van der Waals surface area (Å²) in [5.41, 5.74) is 7.63. The quantitative estimate of drug-likeness (QED) is 0.755. The van der Waals surface area contributed by atoms with Gasteiger partial charge in [-0.3, -0.25) is 9.97 Å². The summed E-state index contributed by atoms with van der Waals surface area (Å²) in [4.78, 5) is 11.0. The summed E-state index contributed by atoms with van der Waals surface area (Å²) < 4.78 is 0. The third kappa shape index (κ3) is 3.25. The number of pyridine rings is 2. The lowest BCUT2D eigenvalue weighted by Crippen LogP contribution is -2.32. The molecule has 0 aliphatic carbocycles. The van der Waals surface area contributed by atoms with Crippen LogP contribution in [-0.2, 0) is 13.0 Å². The largest absolute Gasteiger partial charge is 0.354 e. The van der Waals surface area contributed by atoms with E-state index >= 15 is 0 Å². The van der Waals surface area contributed by atoms with Crippen LogP contribution in [0.2, 0.25) is 0 Å². The second-order valence-corrected chi connectivity index (χ2v) is 7.05. The zero-order valence-electron chi connectivity index (χ0n) is 16.2. The molecule has 0 radical (unpaired) electrons. The van der Waals surface area contributed by atoms with E-state index in [9.17, 15) is 0 Å². The van der Waals surface area contributed by atoms with Gasteiger partial charge in [0.05, 0.1) is 11.9 Å². The Labute approximate surface area is 164 Å². The summed E-state index contributed by atoms with van der Waals surface area (Å²) in [5, 5.41) is 21.0. The maximum atomic E-state index is 9.16. The molecule has 4 rings (SSSR count). The number of fused-ring (bicyclic) bond motifs is 1. The molecule has 1 aliphatic rings. The summed E-state index contributed by atoms with van der Waals surface area (Å²) >= 11 is 0. The first-order valence-corrected chi connectivity index (χ1v) is 9.21. The minimum atomic E-state index is 0.388. The van der Waals surface area contributed by atoms with E-state index in [1.165, 1.54) is 5.56 Å². The molecule has 0 spiro atoms. The summed E-state index contributed by atoms with van der Waals surface area (Å²) in [6.45, 7) is 7.49. The Balaban J connectivity index is 1.61. The van der Waals surface area contributed by atoms with Crippen LogP contribution in [0.1, 0.15) is 33.6 Å². The van der Waals surface area contributed by atoms with Crippen molar-refractivity contribution in [1.82, 2.24) is 20.2 Å². The fraction of sp³-hybridized carbons (Fsp3) is 0.286. The molecule has 140 valence electrons. The minimum Gasteiger partial charge on any atom is -0.354 e. The van der Waals surface area contributed by atoms with Gasteiger partial charge in [-0.15, -0.1) is 10.2 Å². The average molecular weight is 371 g/mol. The second-order valence-electron chi connectivity index (χ2n) is 7.05. The number of aryl methyl sites for hydroxylation is 1. The highest BCUT2D eigenvalue weighted by Crippen LogP contribution is 2.28. The predicted molar refractivity (Wildman–Crippen MR) is 107 cm³/mol. The molecule has 0 atom stereocenters.